The van der Waals surface area contributed by atoms with Crippen molar-refractivity contribution in [2.24, 2.45) is 0 Å². The lowest BCUT2D eigenvalue weighted by Gasteiger charge is -2.23. The number of hydrogen-bond acceptors (Lipinski definition) is 3. The van der Waals surface area contributed by atoms with E-state index in [9.17, 15) is 4.39 Å². The molecule has 1 aliphatic rings. The van der Waals surface area contributed by atoms with Gasteiger partial charge in [0.2, 0.25) is 0 Å². The van der Waals surface area contributed by atoms with Crippen molar-refractivity contribution in [3.63, 3.8) is 0 Å². The minimum atomic E-state index is -0.298. The topological polar surface area (TPSA) is 30.5 Å². The van der Waals surface area contributed by atoms with Crippen molar-refractivity contribution in [3.05, 3.63) is 29.6 Å². The molecule has 3 nitrogen and oxygen atoms in total. The van der Waals surface area contributed by atoms with Crippen molar-refractivity contribution in [2.45, 2.75) is 38.8 Å². The minimum absolute atomic E-state index is 0.0275. The maximum absolute atomic E-state index is 14.0. The molecule has 2 rings (SSSR count). The van der Waals surface area contributed by atoms with Crippen molar-refractivity contribution in [1.82, 2.24) is 5.32 Å². The summed E-state index contributed by atoms with van der Waals surface area (Å²) < 4.78 is 25.0. The molecule has 0 radical (unpaired) electrons. The van der Waals surface area contributed by atoms with E-state index in [2.05, 4.69) is 5.32 Å². The molecular formula is C15H22FNO2. The van der Waals surface area contributed by atoms with E-state index in [-0.39, 0.29) is 18.0 Å². The third kappa shape index (κ3) is 3.91. The van der Waals surface area contributed by atoms with Crippen LogP contribution in [0.1, 0.15) is 38.3 Å². The zero-order valence-electron chi connectivity index (χ0n) is 11.6. The van der Waals surface area contributed by atoms with Crippen molar-refractivity contribution in [2.75, 3.05) is 19.8 Å². The van der Waals surface area contributed by atoms with Crippen LogP contribution in [0.2, 0.25) is 0 Å². The summed E-state index contributed by atoms with van der Waals surface area (Å²) in [5.41, 5.74) is 0.937. The van der Waals surface area contributed by atoms with E-state index in [1.54, 1.807) is 12.1 Å². The van der Waals surface area contributed by atoms with Gasteiger partial charge in [0, 0.05) is 12.6 Å². The second-order valence-electron chi connectivity index (χ2n) is 4.93. The number of benzene rings is 1. The van der Waals surface area contributed by atoms with Crippen LogP contribution in [0.15, 0.2) is 18.2 Å². The maximum atomic E-state index is 14.0. The summed E-state index contributed by atoms with van der Waals surface area (Å²) in [5.74, 6) is 0.0239. The zero-order valence-corrected chi connectivity index (χ0v) is 11.6. The van der Waals surface area contributed by atoms with E-state index in [0.29, 0.717) is 12.4 Å². The maximum Gasteiger partial charge on any atom is 0.165 e. The molecule has 1 aromatic carbocycles. The van der Waals surface area contributed by atoms with Crippen LogP contribution in [0.4, 0.5) is 4.39 Å². The summed E-state index contributed by atoms with van der Waals surface area (Å²) in [6.07, 6.45) is 1.87. The summed E-state index contributed by atoms with van der Waals surface area (Å²) >= 11 is 0. The Morgan fingerprint density at radius 1 is 1.53 bits per heavy atom. The van der Waals surface area contributed by atoms with Crippen LogP contribution in [-0.4, -0.2) is 25.9 Å². The molecule has 1 N–H and O–H groups in total. The fraction of sp³-hybridized carbons (Fsp3) is 0.600. The van der Waals surface area contributed by atoms with Crippen LogP contribution in [-0.2, 0) is 4.74 Å². The van der Waals surface area contributed by atoms with Gasteiger partial charge in [0.05, 0.1) is 6.61 Å². The van der Waals surface area contributed by atoms with Gasteiger partial charge < -0.3 is 14.8 Å². The molecule has 1 saturated heterocycles. The smallest absolute Gasteiger partial charge is 0.165 e. The van der Waals surface area contributed by atoms with Gasteiger partial charge in [-0.25, -0.2) is 4.39 Å². The predicted octanol–water partition coefficient (Wildman–Crippen LogP) is 3.05. The molecule has 1 fully saturated rings. The number of hydrogen-bond donors (Lipinski definition) is 1. The van der Waals surface area contributed by atoms with Gasteiger partial charge >= 0.3 is 0 Å². The molecule has 2 unspecified atom stereocenters. The van der Waals surface area contributed by atoms with Gasteiger partial charge in [0.15, 0.2) is 11.6 Å². The molecule has 0 bridgehead atoms. The van der Waals surface area contributed by atoms with Crippen LogP contribution in [0, 0.1) is 5.82 Å². The SMILES string of the molecule is CCNC(C)c1ccc(OC2CCCOC2)c(F)c1. The highest BCUT2D eigenvalue weighted by Crippen LogP contribution is 2.24. The summed E-state index contributed by atoms with van der Waals surface area (Å²) in [6.45, 7) is 6.25. The third-order valence-corrected chi connectivity index (χ3v) is 3.38. The third-order valence-electron chi connectivity index (χ3n) is 3.38. The fourth-order valence-corrected chi connectivity index (χ4v) is 2.29. The quantitative estimate of drug-likeness (QED) is 0.889. The van der Waals surface area contributed by atoms with E-state index in [0.717, 1.165) is 31.6 Å². The standard InChI is InChI=1S/C15H22FNO2/c1-3-17-11(2)12-6-7-15(14(16)9-12)19-13-5-4-8-18-10-13/h6-7,9,11,13,17H,3-5,8,10H2,1-2H3. The minimum Gasteiger partial charge on any atom is -0.485 e. The van der Waals surface area contributed by atoms with Gasteiger partial charge in [0.25, 0.3) is 0 Å². The molecule has 0 saturated carbocycles. The number of nitrogens with one attached hydrogen (secondary N) is 1. The Labute approximate surface area is 114 Å². The van der Waals surface area contributed by atoms with Crippen molar-refractivity contribution >= 4 is 0 Å². The highest BCUT2D eigenvalue weighted by atomic mass is 19.1. The first-order valence-electron chi connectivity index (χ1n) is 6.98. The highest BCUT2D eigenvalue weighted by Gasteiger charge is 2.17. The Balaban J connectivity index is 2.01. The second kappa shape index (κ2) is 6.87. The van der Waals surface area contributed by atoms with Gasteiger partial charge in [-0.05, 0) is 44.0 Å². The molecule has 4 heteroatoms. The van der Waals surface area contributed by atoms with Gasteiger partial charge in [-0.3, -0.25) is 0 Å². The van der Waals surface area contributed by atoms with Crippen LogP contribution in [0.25, 0.3) is 0 Å². The predicted molar refractivity (Wildman–Crippen MR) is 73.0 cm³/mol. The second-order valence-corrected chi connectivity index (χ2v) is 4.93. The number of rotatable bonds is 5. The normalized spacial score (nSPS) is 21.1. The van der Waals surface area contributed by atoms with E-state index < -0.39 is 0 Å². The summed E-state index contributed by atoms with van der Waals surface area (Å²) in [7, 11) is 0. The molecule has 0 spiro atoms. The Hall–Kier alpha value is -1.13. The van der Waals surface area contributed by atoms with Crippen LogP contribution < -0.4 is 10.1 Å². The van der Waals surface area contributed by atoms with E-state index >= 15 is 0 Å². The van der Waals surface area contributed by atoms with Crippen molar-refractivity contribution in [3.8, 4) is 5.75 Å². The monoisotopic (exact) mass is 267 g/mol. The summed E-state index contributed by atoms with van der Waals surface area (Å²) in [5, 5.41) is 3.26. The molecular weight excluding hydrogens is 245 g/mol. The lowest BCUT2D eigenvalue weighted by molar-refractivity contribution is 0.00586. The Morgan fingerprint density at radius 3 is 3.00 bits per heavy atom. The lowest BCUT2D eigenvalue weighted by Crippen LogP contribution is -2.28. The number of halogens is 1. The summed E-state index contributed by atoms with van der Waals surface area (Å²) in [4.78, 5) is 0. The Bertz CT molecular complexity index is 405. The van der Waals surface area contributed by atoms with E-state index in [1.165, 1.54) is 0 Å². The molecule has 19 heavy (non-hydrogen) atoms. The molecule has 1 heterocycles. The van der Waals surface area contributed by atoms with Crippen molar-refractivity contribution < 1.29 is 13.9 Å². The molecule has 106 valence electrons. The molecule has 2 atom stereocenters. The van der Waals surface area contributed by atoms with Crippen LogP contribution in [0.5, 0.6) is 5.75 Å². The van der Waals surface area contributed by atoms with E-state index in [1.807, 2.05) is 19.9 Å². The average molecular weight is 267 g/mol. The van der Waals surface area contributed by atoms with Gasteiger partial charge in [-0.2, -0.15) is 0 Å². The average Bonchev–Trinajstić information content (AvgIpc) is 2.42. The summed E-state index contributed by atoms with van der Waals surface area (Å²) in [6, 6.07) is 5.32. The van der Waals surface area contributed by atoms with E-state index in [4.69, 9.17) is 9.47 Å². The first kappa shape index (κ1) is 14.3. The Morgan fingerprint density at radius 2 is 2.37 bits per heavy atom. The highest BCUT2D eigenvalue weighted by molar-refractivity contribution is 5.31. The molecule has 1 aliphatic heterocycles. The van der Waals surface area contributed by atoms with Gasteiger partial charge in [0.1, 0.15) is 6.10 Å². The van der Waals surface area contributed by atoms with Crippen molar-refractivity contribution in [1.29, 1.82) is 0 Å². The Kier molecular flexibility index (Phi) is 5.16. The molecule has 1 aromatic rings. The van der Waals surface area contributed by atoms with Crippen LogP contribution in [0.3, 0.4) is 0 Å². The first-order chi connectivity index (χ1) is 9.20. The molecule has 0 amide bonds. The van der Waals surface area contributed by atoms with Crippen LogP contribution >= 0.6 is 0 Å². The fourth-order valence-electron chi connectivity index (χ4n) is 2.29. The van der Waals surface area contributed by atoms with Gasteiger partial charge in [-0.1, -0.05) is 13.0 Å². The van der Waals surface area contributed by atoms with Gasteiger partial charge in [-0.15, -0.1) is 0 Å². The molecule has 0 aliphatic carbocycles. The molecule has 0 aromatic heterocycles. The zero-order chi connectivity index (χ0) is 13.7. The first-order valence-corrected chi connectivity index (χ1v) is 6.98. The number of ether oxygens (including phenoxy) is 2. The lowest BCUT2D eigenvalue weighted by atomic mass is 10.1. The largest absolute Gasteiger partial charge is 0.485 e.